The minimum Gasteiger partial charge on any atom is -0.289 e. The molecule has 5 nitrogen and oxygen atoms in total. The fourth-order valence-corrected chi connectivity index (χ4v) is 5.25. The molecule has 0 saturated heterocycles. The van der Waals surface area contributed by atoms with Crippen LogP contribution in [0.5, 0.6) is 0 Å². The van der Waals surface area contributed by atoms with Crippen molar-refractivity contribution < 1.29 is 4.79 Å². The molecule has 3 N–H and O–H groups in total. The number of nitrogens with two attached hydrogens (primary N) is 1. The molecule has 1 heterocycles. The molecule has 4 saturated carbocycles. The van der Waals surface area contributed by atoms with E-state index in [9.17, 15) is 4.79 Å². The maximum Gasteiger partial charge on any atom is 0.283 e. The Morgan fingerprint density at radius 3 is 2.37 bits per heavy atom. The summed E-state index contributed by atoms with van der Waals surface area (Å²) < 4.78 is 1.99. The minimum absolute atomic E-state index is 0.0834. The molecule has 4 aliphatic carbocycles. The maximum atomic E-state index is 11.9. The Balaban J connectivity index is 1.76. The second kappa shape index (κ2) is 3.82. The fourth-order valence-electron chi connectivity index (χ4n) is 5.25. The van der Waals surface area contributed by atoms with E-state index in [1.807, 2.05) is 4.68 Å². The molecule has 0 spiro atoms. The Bertz CT molecular complexity index is 486. The van der Waals surface area contributed by atoms with E-state index in [2.05, 4.69) is 10.5 Å². The Morgan fingerprint density at radius 2 is 1.84 bits per heavy atom. The van der Waals surface area contributed by atoms with Gasteiger partial charge in [-0.3, -0.25) is 14.9 Å². The van der Waals surface area contributed by atoms with Gasteiger partial charge in [-0.15, -0.1) is 0 Å². The average molecular weight is 260 g/mol. The normalized spacial score (nSPS) is 39.5. The van der Waals surface area contributed by atoms with Crippen LogP contribution in [0.2, 0.25) is 0 Å². The Hall–Kier alpha value is -1.36. The molecule has 4 fully saturated rings. The Labute approximate surface area is 112 Å². The number of rotatable bonds is 2. The molecule has 102 valence electrons. The highest BCUT2D eigenvalue weighted by atomic mass is 16.2. The molecule has 5 heteroatoms. The van der Waals surface area contributed by atoms with Crippen LogP contribution >= 0.6 is 0 Å². The van der Waals surface area contributed by atoms with Gasteiger partial charge >= 0.3 is 0 Å². The largest absolute Gasteiger partial charge is 0.289 e. The quantitative estimate of drug-likeness (QED) is 0.480. The number of carbonyl (C=O) groups excluding carboxylic acids is 1. The third-order valence-electron chi connectivity index (χ3n) is 5.46. The van der Waals surface area contributed by atoms with E-state index in [4.69, 9.17) is 5.84 Å². The second-order valence-electron chi connectivity index (χ2n) is 6.74. The van der Waals surface area contributed by atoms with Gasteiger partial charge in [-0.2, -0.15) is 5.10 Å². The summed E-state index contributed by atoms with van der Waals surface area (Å²) in [4.78, 5) is 11.9. The summed E-state index contributed by atoms with van der Waals surface area (Å²) in [5.41, 5.74) is 2.94. The summed E-state index contributed by atoms with van der Waals surface area (Å²) >= 11 is 0. The van der Waals surface area contributed by atoms with E-state index >= 15 is 0 Å². The lowest BCUT2D eigenvalue weighted by Gasteiger charge is -2.56. The van der Waals surface area contributed by atoms with Crippen LogP contribution in [0, 0.1) is 17.8 Å². The summed E-state index contributed by atoms with van der Waals surface area (Å²) in [5.74, 6) is 7.57. The summed E-state index contributed by atoms with van der Waals surface area (Å²) in [7, 11) is 0. The number of hydrazine groups is 1. The SMILES string of the molecule is NNC(=O)c1ccnn1C12CC3CC(CC(C3)C1)C2. The van der Waals surface area contributed by atoms with Gasteiger partial charge in [0.1, 0.15) is 5.69 Å². The molecule has 4 aliphatic rings. The number of hydrogen-bond donors (Lipinski definition) is 2. The molecular formula is C14H20N4O. The molecule has 5 rings (SSSR count). The fraction of sp³-hybridized carbons (Fsp3) is 0.714. The third kappa shape index (κ3) is 1.57. The van der Waals surface area contributed by atoms with Gasteiger partial charge in [0.2, 0.25) is 0 Å². The third-order valence-corrected chi connectivity index (χ3v) is 5.46. The van der Waals surface area contributed by atoms with Gasteiger partial charge in [-0.1, -0.05) is 0 Å². The van der Waals surface area contributed by atoms with Crippen LogP contribution in [0.15, 0.2) is 12.3 Å². The van der Waals surface area contributed by atoms with Crippen molar-refractivity contribution in [2.24, 2.45) is 23.6 Å². The molecule has 0 unspecified atom stereocenters. The van der Waals surface area contributed by atoms with Crippen LogP contribution < -0.4 is 11.3 Å². The summed E-state index contributed by atoms with van der Waals surface area (Å²) in [5, 5.41) is 4.48. The van der Waals surface area contributed by atoms with Crippen molar-refractivity contribution in [3.05, 3.63) is 18.0 Å². The molecule has 0 aromatic carbocycles. The number of nitrogens with one attached hydrogen (secondary N) is 1. The average Bonchev–Trinajstić information content (AvgIpc) is 2.86. The van der Waals surface area contributed by atoms with E-state index in [0.29, 0.717) is 5.69 Å². The molecule has 4 bridgehead atoms. The van der Waals surface area contributed by atoms with Gasteiger partial charge in [-0.05, 0) is 62.3 Å². The molecular weight excluding hydrogens is 240 g/mol. The lowest BCUT2D eigenvalue weighted by molar-refractivity contribution is -0.0503. The first-order chi connectivity index (χ1) is 9.20. The summed E-state index contributed by atoms with van der Waals surface area (Å²) in [6, 6.07) is 1.78. The van der Waals surface area contributed by atoms with E-state index in [0.717, 1.165) is 17.8 Å². The van der Waals surface area contributed by atoms with Crippen LogP contribution in [0.1, 0.15) is 49.0 Å². The van der Waals surface area contributed by atoms with E-state index in [1.54, 1.807) is 12.3 Å². The molecule has 0 aliphatic heterocycles. The predicted molar refractivity (Wildman–Crippen MR) is 70.0 cm³/mol. The first-order valence-corrected chi connectivity index (χ1v) is 7.26. The van der Waals surface area contributed by atoms with E-state index in [1.165, 1.54) is 38.5 Å². The van der Waals surface area contributed by atoms with Gasteiger partial charge in [0, 0.05) is 6.20 Å². The van der Waals surface area contributed by atoms with Gasteiger partial charge in [0.25, 0.3) is 5.91 Å². The van der Waals surface area contributed by atoms with Crippen molar-refractivity contribution >= 4 is 5.91 Å². The monoisotopic (exact) mass is 260 g/mol. The molecule has 1 aromatic heterocycles. The molecule has 0 atom stereocenters. The number of carbonyl (C=O) groups is 1. The lowest BCUT2D eigenvalue weighted by atomic mass is 9.53. The van der Waals surface area contributed by atoms with E-state index in [-0.39, 0.29) is 11.4 Å². The van der Waals surface area contributed by atoms with Crippen molar-refractivity contribution in [2.45, 2.75) is 44.1 Å². The van der Waals surface area contributed by atoms with E-state index < -0.39 is 0 Å². The van der Waals surface area contributed by atoms with Crippen LogP contribution in [0.25, 0.3) is 0 Å². The zero-order valence-corrected chi connectivity index (χ0v) is 11.0. The summed E-state index contributed by atoms with van der Waals surface area (Å²) in [6.07, 6.45) is 9.45. The lowest BCUT2D eigenvalue weighted by Crippen LogP contribution is -2.53. The Morgan fingerprint density at radius 1 is 1.26 bits per heavy atom. The van der Waals surface area contributed by atoms with Crippen LogP contribution in [0.4, 0.5) is 0 Å². The standard InChI is InChI=1S/C14H20N4O/c15-17-13(19)12-1-2-16-18(12)14-6-9-3-10(7-14)5-11(4-9)8-14/h1-2,9-11H,3-8,15H2,(H,17,19). The zero-order chi connectivity index (χ0) is 13.0. The number of nitrogen functional groups attached to an aromatic ring is 1. The highest BCUT2D eigenvalue weighted by Gasteiger charge is 2.53. The van der Waals surface area contributed by atoms with Crippen molar-refractivity contribution in [1.29, 1.82) is 0 Å². The highest BCUT2D eigenvalue weighted by Crippen LogP contribution is 2.58. The Kier molecular flexibility index (Phi) is 2.31. The number of amides is 1. The first kappa shape index (κ1) is 11.5. The number of hydrogen-bond acceptors (Lipinski definition) is 3. The molecule has 1 aromatic rings. The van der Waals surface area contributed by atoms with Gasteiger partial charge in [0.15, 0.2) is 0 Å². The minimum atomic E-state index is -0.228. The molecule has 19 heavy (non-hydrogen) atoms. The maximum absolute atomic E-state index is 11.9. The molecule has 0 radical (unpaired) electrons. The van der Waals surface area contributed by atoms with Gasteiger partial charge in [0.05, 0.1) is 5.54 Å². The van der Waals surface area contributed by atoms with Crippen LogP contribution in [-0.2, 0) is 5.54 Å². The van der Waals surface area contributed by atoms with Crippen molar-refractivity contribution in [2.75, 3.05) is 0 Å². The van der Waals surface area contributed by atoms with Crippen molar-refractivity contribution in [1.82, 2.24) is 15.2 Å². The number of nitrogens with zero attached hydrogens (tertiary/aromatic N) is 2. The van der Waals surface area contributed by atoms with Crippen molar-refractivity contribution in [3.63, 3.8) is 0 Å². The first-order valence-electron chi connectivity index (χ1n) is 7.26. The van der Waals surface area contributed by atoms with Crippen molar-refractivity contribution in [3.8, 4) is 0 Å². The summed E-state index contributed by atoms with van der Waals surface area (Å²) in [6.45, 7) is 0. The smallest absolute Gasteiger partial charge is 0.283 e. The van der Waals surface area contributed by atoms with Gasteiger partial charge in [-0.25, -0.2) is 5.84 Å². The van der Waals surface area contributed by atoms with Crippen LogP contribution in [0.3, 0.4) is 0 Å². The predicted octanol–water partition coefficient (Wildman–Crippen LogP) is 1.41. The second-order valence-corrected chi connectivity index (χ2v) is 6.74. The van der Waals surface area contributed by atoms with Gasteiger partial charge < -0.3 is 0 Å². The zero-order valence-electron chi connectivity index (χ0n) is 11.0. The topological polar surface area (TPSA) is 72.9 Å². The van der Waals surface area contributed by atoms with Crippen LogP contribution in [-0.4, -0.2) is 15.7 Å². The number of aromatic nitrogens is 2. The highest BCUT2D eigenvalue weighted by molar-refractivity contribution is 5.92. The molecule has 1 amide bonds.